The average Bonchev–Trinajstić information content (AvgIpc) is 3.34. The monoisotopic (exact) mass is 864 g/mol. The highest BCUT2D eigenvalue weighted by Gasteiger charge is 2.18. The van der Waals surface area contributed by atoms with E-state index >= 15 is 0 Å². The molecule has 0 radical (unpaired) electrons. The molecule has 0 amide bonds. The molecule has 0 aromatic heterocycles. The fourth-order valence-electron chi connectivity index (χ4n) is 6.25. The van der Waals surface area contributed by atoms with Crippen molar-refractivity contribution in [3.05, 3.63) is 172 Å². The summed E-state index contributed by atoms with van der Waals surface area (Å²) in [7, 11) is 0. The number of carbonyl (C=O) groups is 4. The number of carbonyl (C=O) groups excluding carboxylic acids is 4. The fraction of sp³-hybridized carbons (Fsp3) is 0.154. The highest BCUT2D eigenvalue weighted by atomic mass is 16.6. The molecular weight excluding hydrogens is 817 g/mol. The lowest BCUT2D eigenvalue weighted by Gasteiger charge is -2.19. The number of ether oxygens (including phenoxy) is 8. The van der Waals surface area contributed by atoms with E-state index in [4.69, 9.17) is 37.9 Å². The molecule has 64 heavy (non-hydrogen) atoms. The van der Waals surface area contributed by atoms with Crippen LogP contribution >= 0.6 is 0 Å². The Bertz CT molecular complexity index is 2420. The van der Waals surface area contributed by atoms with Crippen LogP contribution in [-0.2, 0) is 38.1 Å². The van der Waals surface area contributed by atoms with Crippen LogP contribution in [0.25, 0.3) is 43.8 Å². The second-order valence-corrected chi connectivity index (χ2v) is 13.2. The van der Waals surface area contributed by atoms with Crippen LogP contribution in [-0.4, -0.2) is 76.7 Å². The second kappa shape index (κ2) is 25.0. The molecule has 6 aromatic carbocycles. The number of benzene rings is 6. The topological polar surface area (TPSA) is 142 Å². The third-order valence-electron chi connectivity index (χ3n) is 9.10. The molecule has 0 bridgehead atoms. The van der Waals surface area contributed by atoms with Crippen molar-refractivity contribution < 1.29 is 57.1 Å². The van der Waals surface area contributed by atoms with Crippen LogP contribution in [0.5, 0.6) is 23.0 Å². The van der Waals surface area contributed by atoms with Gasteiger partial charge >= 0.3 is 23.9 Å². The van der Waals surface area contributed by atoms with E-state index in [-0.39, 0.29) is 52.9 Å². The first-order chi connectivity index (χ1) is 31.3. The summed E-state index contributed by atoms with van der Waals surface area (Å²) in [4.78, 5) is 45.0. The maximum atomic E-state index is 11.4. The van der Waals surface area contributed by atoms with Gasteiger partial charge in [0.25, 0.3) is 0 Å². The minimum Gasteiger partial charge on any atom is -0.489 e. The summed E-state index contributed by atoms with van der Waals surface area (Å²) in [6.45, 7) is 14.7. The molecule has 0 unspecified atom stereocenters. The molecule has 0 aliphatic carbocycles. The minimum atomic E-state index is -0.501. The molecule has 12 heteroatoms. The Morgan fingerprint density at radius 1 is 0.344 bits per heavy atom. The molecule has 328 valence electrons. The molecule has 6 aromatic rings. The summed E-state index contributed by atoms with van der Waals surface area (Å²) in [5, 5.41) is 3.87. The van der Waals surface area contributed by atoms with Gasteiger partial charge in [-0.25, -0.2) is 19.2 Å². The Balaban J connectivity index is 0.000000249. The molecule has 0 saturated carbocycles. The summed E-state index contributed by atoms with van der Waals surface area (Å²) >= 11 is 0. The van der Waals surface area contributed by atoms with Crippen molar-refractivity contribution in [2.45, 2.75) is 0 Å². The Morgan fingerprint density at radius 2 is 0.656 bits per heavy atom. The van der Waals surface area contributed by atoms with Crippen LogP contribution in [0.2, 0.25) is 0 Å². The van der Waals surface area contributed by atoms with Crippen LogP contribution in [0.4, 0.5) is 0 Å². The van der Waals surface area contributed by atoms with Crippen molar-refractivity contribution in [3.8, 4) is 45.3 Å². The van der Waals surface area contributed by atoms with E-state index in [9.17, 15) is 19.2 Å². The minimum absolute atomic E-state index is 0.0866. The van der Waals surface area contributed by atoms with Crippen molar-refractivity contribution in [1.29, 1.82) is 0 Å². The Morgan fingerprint density at radius 3 is 1.02 bits per heavy atom. The Hall–Kier alpha value is -8.12. The number of rotatable bonds is 22. The summed E-state index contributed by atoms with van der Waals surface area (Å²) in [5.74, 6) is 0.582. The van der Waals surface area contributed by atoms with Crippen LogP contribution in [0.1, 0.15) is 0 Å². The maximum absolute atomic E-state index is 11.4. The van der Waals surface area contributed by atoms with Gasteiger partial charge in [-0.3, -0.25) is 0 Å². The first kappa shape index (κ1) is 46.9. The summed E-state index contributed by atoms with van der Waals surface area (Å²) in [6, 6.07) is 38.8. The number of hydrogen-bond donors (Lipinski definition) is 0. The molecule has 0 N–H and O–H groups in total. The van der Waals surface area contributed by atoms with Crippen LogP contribution in [0.15, 0.2) is 172 Å². The zero-order valence-corrected chi connectivity index (χ0v) is 35.2. The maximum Gasteiger partial charge on any atom is 0.330 e. The predicted molar refractivity (Wildman–Crippen MR) is 245 cm³/mol. The molecule has 0 aliphatic rings. The molecule has 0 fully saturated rings. The van der Waals surface area contributed by atoms with Gasteiger partial charge in [-0.15, -0.1) is 0 Å². The standard InChI is InChI=1S/C30H26O6.C22H22O6/c1-3-27(31)33-17-19-35-29-23-11-7-5-9-21(23)13-15-25(29)26-16-14-22-10-6-8-12-24(22)30(26)36-20-18-34-28(32)4-2;1-3-21(23)27-15-13-25-19-11-7-5-9-17(19)18-10-6-8-12-20(18)26-14-16-28-22(24)4-2/h3-16H,1-2,17-20H2;3-12H,1-2,13-16H2. The highest BCUT2D eigenvalue weighted by Crippen LogP contribution is 2.44. The van der Waals surface area contributed by atoms with E-state index < -0.39 is 23.9 Å². The van der Waals surface area contributed by atoms with E-state index in [2.05, 4.69) is 26.3 Å². The van der Waals surface area contributed by atoms with E-state index in [1.54, 1.807) is 0 Å². The van der Waals surface area contributed by atoms with Gasteiger partial charge in [-0.05, 0) is 35.0 Å². The van der Waals surface area contributed by atoms with E-state index in [0.29, 0.717) is 23.0 Å². The van der Waals surface area contributed by atoms with Gasteiger partial charge in [-0.1, -0.05) is 123 Å². The van der Waals surface area contributed by atoms with E-state index in [1.165, 1.54) is 0 Å². The smallest absolute Gasteiger partial charge is 0.330 e. The highest BCUT2D eigenvalue weighted by molar-refractivity contribution is 6.01. The molecule has 6 rings (SSSR count). The summed E-state index contributed by atoms with van der Waals surface area (Å²) in [6.07, 6.45) is 4.45. The molecule has 12 nitrogen and oxygen atoms in total. The van der Waals surface area contributed by atoms with Gasteiger partial charge in [0.2, 0.25) is 0 Å². The first-order valence-corrected chi connectivity index (χ1v) is 20.2. The zero-order valence-electron chi connectivity index (χ0n) is 35.2. The third kappa shape index (κ3) is 13.4. The zero-order chi connectivity index (χ0) is 45.5. The molecule has 0 atom stereocenters. The largest absolute Gasteiger partial charge is 0.489 e. The second-order valence-electron chi connectivity index (χ2n) is 13.2. The Kier molecular flexibility index (Phi) is 18.3. The molecule has 0 saturated heterocycles. The van der Waals surface area contributed by atoms with Crippen LogP contribution in [0.3, 0.4) is 0 Å². The summed E-state index contributed by atoms with van der Waals surface area (Å²) in [5.41, 5.74) is 3.31. The molecule has 0 heterocycles. The lowest BCUT2D eigenvalue weighted by Crippen LogP contribution is -2.12. The van der Waals surface area contributed by atoms with E-state index in [1.807, 2.05) is 121 Å². The van der Waals surface area contributed by atoms with Gasteiger partial charge in [0.15, 0.2) is 0 Å². The van der Waals surface area contributed by atoms with E-state index in [0.717, 1.165) is 68.1 Å². The quantitative estimate of drug-likeness (QED) is 0.0278. The molecular formula is C52H48O12. The normalized spacial score (nSPS) is 10.2. The summed E-state index contributed by atoms with van der Waals surface area (Å²) < 4.78 is 43.9. The van der Waals surface area contributed by atoms with Gasteiger partial charge in [0.05, 0.1) is 0 Å². The van der Waals surface area contributed by atoms with Crippen LogP contribution < -0.4 is 18.9 Å². The van der Waals surface area contributed by atoms with Crippen molar-refractivity contribution >= 4 is 45.4 Å². The number of fused-ring (bicyclic) bond motifs is 2. The van der Waals surface area contributed by atoms with Gasteiger partial charge < -0.3 is 37.9 Å². The number of para-hydroxylation sites is 2. The lowest BCUT2D eigenvalue weighted by atomic mass is 9.96. The SMILES string of the molecule is C=CC(=O)OCCOc1c(-c2ccc3ccccc3c2OCCOC(=O)C=C)ccc2ccccc12.C=CC(=O)OCCOc1ccccc1-c1ccccc1OCCOC(=O)C=C. The van der Waals surface area contributed by atoms with Crippen molar-refractivity contribution in [3.63, 3.8) is 0 Å². The number of esters is 4. The molecule has 0 aliphatic heterocycles. The first-order valence-electron chi connectivity index (χ1n) is 20.2. The third-order valence-corrected chi connectivity index (χ3v) is 9.10. The van der Waals surface area contributed by atoms with Crippen molar-refractivity contribution in [2.75, 3.05) is 52.9 Å². The van der Waals surface area contributed by atoms with Gasteiger partial charge in [0, 0.05) is 57.3 Å². The predicted octanol–water partition coefficient (Wildman–Crippen LogP) is 9.45. The lowest BCUT2D eigenvalue weighted by molar-refractivity contribution is -0.139. The van der Waals surface area contributed by atoms with Crippen molar-refractivity contribution in [2.24, 2.45) is 0 Å². The van der Waals surface area contributed by atoms with Gasteiger partial charge in [0.1, 0.15) is 75.9 Å². The average molecular weight is 865 g/mol. The molecule has 0 spiro atoms. The fourth-order valence-corrected chi connectivity index (χ4v) is 6.25. The van der Waals surface area contributed by atoms with Crippen LogP contribution in [0, 0.1) is 0 Å². The van der Waals surface area contributed by atoms with Gasteiger partial charge in [-0.2, -0.15) is 0 Å². The Labute approximate surface area is 371 Å². The van der Waals surface area contributed by atoms with Crippen molar-refractivity contribution in [1.82, 2.24) is 0 Å². The number of hydrogen-bond acceptors (Lipinski definition) is 12.